The average molecular weight is 308 g/mol. The molecule has 0 amide bonds. The number of fused-ring (bicyclic) bond motifs is 7. The van der Waals surface area contributed by atoms with E-state index < -0.39 is 0 Å². The van der Waals surface area contributed by atoms with Crippen molar-refractivity contribution in [1.29, 1.82) is 0 Å². The molecule has 0 unspecified atom stereocenters. The third-order valence-corrected chi connectivity index (χ3v) is 5.08. The van der Waals surface area contributed by atoms with Crippen molar-refractivity contribution in [3.05, 3.63) is 78.4 Å². The van der Waals surface area contributed by atoms with Crippen molar-refractivity contribution in [3.63, 3.8) is 0 Å². The molecule has 0 saturated carbocycles. The first kappa shape index (κ1) is 13.4. The lowest BCUT2D eigenvalue weighted by atomic mass is 9.93. The van der Waals surface area contributed by atoms with Gasteiger partial charge >= 0.3 is 0 Å². The van der Waals surface area contributed by atoms with Crippen LogP contribution in [0.2, 0.25) is 0 Å². The van der Waals surface area contributed by atoms with E-state index in [1.807, 2.05) is 13.0 Å². The van der Waals surface area contributed by atoms with Crippen molar-refractivity contribution < 1.29 is 5.11 Å². The molecule has 0 radical (unpaired) electrons. The number of hydrogen-bond donors (Lipinski definition) is 1. The van der Waals surface area contributed by atoms with Crippen LogP contribution in [-0.2, 0) is 0 Å². The summed E-state index contributed by atoms with van der Waals surface area (Å²) in [6.45, 7) is 1.95. The Morgan fingerprint density at radius 1 is 0.542 bits per heavy atom. The molecule has 0 saturated heterocycles. The van der Waals surface area contributed by atoms with Crippen molar-refractivity contribution >= 4 is 43.1 Å². The van der Waals surface area contributed by atoms with Gasteiger partial charge in [-0.15, -0.1) is 0 Å². The van der Waals surface area contributed by atoms with Gasteiger partial charge in [0.05, 0.1) is 0 Å². The molecule has 1 N–H and O–H groups in total. The van der Waals surface area contributed by atoms with Gasteiger partial charge in [-0.05, 0) is 50.2 Å². The smallest absolute Gasteiger partial charge is 0.126 e. The Hall–Kier alpha value is -3.06. The van der Waals surface area contributed by atoms with Gasteiger partial charge in [-0.3, -0.25) is 0 Å². The molecule has 0 fully saturated rings. The first-order valence-corrected chi connectivity index (χ1v) is 8.19. The highest BCUT2D eigenvalue weighted by Crippen LogP contribution is 2.38. The fourth-order valence-corrected chi connectivity index (χ4v) is 3.82. The van der Waals surface area contributed by atoms with E-state index >= 15 is 0 Å². The van der Waals surface area contributed by atoms with Crippen LogP contribution in [0.3, 0.4) is 0 Å². The standard InChI is InChI=1S/C23H16O/c1-14-6-7-16-9-11-20-19-10-8-15-4-2-3-5-17(15)18(19)12-13-21(20)22(16)23(14)24/h2-13,24H,1H3. The molecule has 24 heavy (non-hydrogen) atoms. The van der Waals surface area contributed by atoms with E-state index in [1.54, 1.807) is 0 Å². The van der Waals surface area contributed by atoms with Crippen molar-refractivity contribution in [2.75, 3.05) is 0 Å². The van der Waals surface area contributed by atoms with E-state index in [9.17, 15) is 5.11 Å². The minimum atomic E-state index is 0.387. The van der Waals surface area contributed by atoms with Crippen molar-refractivity contribution in [2.45, 2.75) is 6.92 Å². The molecule has 0 aromatic heterocycles. The van der Waals surface area contributed by atoms with Gasteiger partial charge in [0.2, 0.25) is 0 Å². The van der Waals surface area contributed by atoms with Crippen LogP contribution in [0.4, 0.5) is 0 Å². The Morgan fingerprint density at radius 3 is 2.00 bits per heavy atom. The summed E-state index contributed by atoms with van der Waals surface area (Å²) in [6.07, 6.45) is 0. The van der Waals surface area contributed by atoms with Crippen molar-refractivity contribution in [2.24, 2.45) is 0 Å². The Kier molecular flexibility index (Phi) is 2.63. The van der Waals surface area contributed by atoms with Crippen LogP contribution in [0.25, 0.3) is 43.1 Å². The zero-order valence-corrected chi connectivity index (χ0v) is 13.4. The maximum Gasteiger partial charge on any atom is 0.126 e. The maximum atomic E-state index is 10.6. The summed E-state index contributed by atoms with van der Waals surface area (Å²) >= 11 is 0. The molecule has 5 aromatic rings. The SMILES string of the molecule is Cc1ccc2ccc3c4ccc5ccccc5c4ccc3c2c1O. The number of rotatable bonds is 0. The van der Waals surface area contributed by atoms with E-state index in [0.717, 1.165) is 21.7 Å². The van der Waals surface area contributed by atoms with Gasteiger partial charge in [0.15, 0.2) is 0 Å². The highest BCUT2D eigenvalue weighted by atomic mass is 16.3. The number of aromatic hydroxyl groups is 1. The van der Waals surface area contributed by atoms with E-state index in [2.05, 4.69) is 66.7 Å². The van der Waals surface area contributed by atoms with Crippen LogP contribution >= 0.6 is 0 Å². The predicted octanol–water partition coefficient (Wildman–Crippen LogP) is 6.31. The number of phenolic OH excluding ortho intramolecular Hbond substituents is 1. The lowest BCUT2D eigenvalue weighted by Crippen LogP contribution is -1.84. The molecule has 0 aliphatic rings. The minimum Gasteiger partial charge on any atom is -0.507 e. The number of hydrogen-bond acceptors (Lipinski definition) is 1. The largest absolute Gasteiger partial charge is 0.507 e. The van der Waals surface area contributed by atoms with Gasteiger partial charge < -0.3 is 5.11 Å². The van der Waals surface area contributed by atoms with Crippen molar-refractivity contribution in [3.8, 4) is 5.75 Å². The van der Waals surface area contributed by atoms with Crippen LogP contribution in [0.15, 0.2) is 72.8 Å². The van der Waals surface area contributed by atoms with Crippen LogP contribution in [0.5, 0.6) is 5.75 Å². The molecule has 0 aliphatic heterocycles. The molecule has 0 aliphatic carbocycles. The fourth-order valence-electron chi connectivity index (χ4n) is 3.82. The van der Waals surface area contributed by atoms with Crippen LogP contribution in [-0.4, -0.2) is 5.11 Å². The monoisotopic (exact) mass is 308 g/mol. The van der Waals surface area contributed by atoms with E-state index in [1.165, 1.54) is 26.9 Å². The van der Waals surface area contributed by atoms with E-state index in [4.69, 9.17) is 0 Å². The normalized spacial score (nSPS) is 11.7. The summed E-state index contributed by atoms with van der Waals surface area (Å²) in [5.74, 6) is 0.387. The first-order chi connectivity index (χ1) is 11.7. The quantitative estimate of drug-likeness (QED) is 0.332. The second-order valence-electron chi connectivity index (χ2n) is 6.44. The molecule has 5 aromatic carbocycles. The number of phenols is 1. The van der Waals surface area contributed by atoms with Gasteiger partial charge in [-0.1, -0.05) is 72.8 Å². The molecular weight excluding hydrogens is 292 g/mol. The molecular formula is C23H16O. The summed E-state index contributed by atoms with van der Waals surface area (Å²) in [5.41, 5.74) is 0.911. The van der Waals surface area contributed by atoms with Gasteiger partial charge in [0, 0.05) is 5.39 Å². The Balaban J connectivity index is 2.04. The summed E-state index contributed by atoms with van der Waals surface area (Å²) in [6, 6.07) is 25.5. The lowest BCUT2D eigenvalue weighted by molar-refractivity contribution is 0.478. The molecule has 0 heterocycles. The molecule has 5 rings (SSSR count). The highest BCUT2D eigenvalue weighted by Gasteiger charge is 2.10. The zero-order valence-electron chi connectivity index (χ0n) is 13.4. The Bertz CT molecular complexity index is 1270. The topological polar surface area (TPSA) is 20.2 Å². The number of aryl methyl sites for hydroxylation is 1. The summed E-state index contributed by atoms with van der Waals surface area (Å²) < 4.78 is 0. The molecule has 0 atom stereocenters. The number of benzene rings is 5. The molecule has 0 spiro atoms. The van der Waals surface area contributed by atoms with Gasteiger partial charge in [-0.25, -0.2) is 0 Å². The second kappa shape index (κ2) is 4.72. The van der Waals surface area contributed by atoms with Crippen molar-refractivity contribution in [1.82, 2.24) is 0 Å². The molecule has 0 bridgehead atoms. The molecule has 1 nitrogen and oxygen atoms in total. The zero-order chi connectivity index (χ0) is 16.3. The van der Waals surface area contributed by atoms with Gasteiger partial charge in [-0.2, -0.15) is 0 Å². The maximum absolute atomic E-state index is 10.6. The average Bonchev–Trinajstić information content (AvgIpc) is 2.63. The Morgan fingerprint density at radius 2 is 1.12 bits per heavy atom. The minimum absolute atomic E-state index is 0.387. The second-order valence-corrected chi connectivity index (χ2v) is 6.44. The lowest BCUT2D eigenvalue weighted by Gasteiger charge is -2.11. The highest BCUT2D eigenvalue weighted by molar-refractivity contribution is 6.23. The molecule has 1 heteroatoms. The van der Waals surface area contributed by atoms with Gasteiger partial charge in [0.25, 0.3) is 0 Å². The van der Waals surface area contributed by atoms with Gasteiger partial charge in [0.1, 0.15) is 5.75 Å². The summed E-state index contributed by atoms with van der Waals surface area (Å²) in [5, 5.41) is 19.9. The summed E-state index contributed by atoms with van der Waals surface area (Å²) in [7, 11) is 0. The summed E-state index contributed by atoms with van der Waals surface area (Å²) in [4.78, 5) is 0. The molecule has 114 valence electrons. The van der Waals surface area contributed by atoms with E-state index in [-0.39, 0.29) is 0 Å². The van der Waals surface area contributed by atoms with Crippen LogP contribution in [0.1, 0.15) is 5.56 Å². The fraction of sp³-hybridized carbons (Fsp3) is 0.0435. The Labute approximate surface area is 139 Å². The predicted molar refractivity (Wildman–Crippen MR) is 103 cm³/mol. The first-order valence-electron chi connectivity index (χ1n) is 8.19. The van der Waals surface area contributed by atoms with E-state index in [0.29, 0.717) is 5.75 Å². The van der Waals surface area contributed by atoms with Crippen LogP contribution < -0.4 is 0 Å². The third kappa shape index (κ3) is 1.70. The third-order valence-electron chi connectivity index (χ3n) is 5.08. The van der Waals surface area contributed by atoms with Crippen LogP contribution in [0, 0.1) is 6.92 Å².